The molecule has 1 saturated heterocycles. The third-order valence-corrected chi connectivity index (χ3v) is 2.87. The van der Waals surface area contributed by atoms with Gasteiger partial charge in [-0.3, -0.25) is 4.79 Å². The molecule has 0 aliphatic carbocycles. The zero-order valence-corrected chi connectivity index (χ0v) is 8.77. The molecule has 0 saturated carbocycles. The van der Waals surface area contributed by atoms with Crippen molar-refractivity contribution in [3.63, 3.8) is 0 Å². The number of hydrogen-bond donors (Lipinski definition) is 1. The Morgan fingerprint density at radius 2 is 2.07 bits per heavy atom. The zero-order valence-electron chi connectivity index (χ0n) is 8.01. The van der Waals surface area contributed by atoms with Crippen molar-refractivity contribution in [2.45, 2.75) is 30.5 Å². The number of carbonyl (C=O) groups is 1. The summed E-state index contributed by atoms with van der Waals surface area (Å²) in [7, 11) is 0. The van der Waals surface area contributed by atoms with E-state index in [9.17, 15) is 18.0 Å². The quantitative estimate of drug-likeness (QED) is 0.741. The van der Waals surface area contributed by atoms with Crippen LogP contribution < -0.4 is 0 Å². The van der Waals surface area contributed by atoms with Crippen LogP contribution in [0.1, 0.15) is 13.3 Å². The lowest BCUT2D eigenvalue weighted by Crippen LogP contribution is -2.71. The first kappa shape index (κ1) is 12.6. The van der Waals surface area contributed by atoms with Gasteiger partial charge in [0.2, 0.25) is 5.91 Å². The van der Waals surface area contributed by atoms with E-state index in [0.29, 0.717) is 6.42 Å². The molecule has 1 aliphatic heterocycles. The number of nitrogens with zero attached hydrogens (tertiary/aromatic N) is 1. The number of amides is 1. The van der Waals surface area contributed by atoms with Crippen LogP contribution in [0.15, 0.2) is 0 Å². The second kappa shape index (κ2) is 3.83. The van der Waals surface area contributed by atoms with Crippen LogP contribution in [0.4, 0.5) is 13.2 Å². The molecule has 7 heteroatoms. The molecule has 1 fully saturated rings. The van der Waals surface area contributed by atoms with Gasteiger partial charge in [-0.15, -0.1) is 11.6 Å². The topological polar surface area (TPSA) is 40.5 Å². The fraction of sp³-hybridized carbons (Fsp3) is 0.875. The molecule has 3 nitrogen and oxygen atoms in total. The average molecular weight is 246 g/mol. The van der Waals surface area contributed by atoms with Gasteiger partial charge in [-0.25, -0.2) is 0 Å². The molecule has 15 heavy (non-hydrogen) atoms. The summed E-state index contributed by atoms with van der Waals surface area (Å²) in [6.45, 7) is 0.211. The monoisotopic (exact) mass is 245 g/mol. The lowest BCUT2D eigenvalue weighted by molar-refractivity contribution is -0.297. The first-order chi connectivity index (χ1) is 6.71. The lowest BCUT2D eigenvalue weighted by atomic mass is 9.93. The molecule has 1 N–H and O–H groups in total. The molecule has 0 aromatic heterocycles. The van der Waals surface area contributed by atoms with Crippen LogP contribution in [0.25, 0.3) is 0 Å². The van der Waals surface area contributed by atoms with E-state index in [2.05, 4.69) is 0 Å². The van der Waals surface area contributed by atoms with E-state index in [4.69, 9.17) is 16.7 Å². The predicted molar refractivity (Wildman–Crippen MR) is 47.5 cm³/mol. The van der Waals surface area contributed by atoms with Crippen molar-refractivity contribution in [3.05, 3.63) is 0 Å². The second-order valence-corrected chi connectivity index (χ2v) is 4.13. The summed E-state index contributed by atoms with van der Waals surface area (Å²) in [4.78, 5) is 12.2. The molecule has 0 aromatic carbocycles. The van der Waals surface area contributed by atoms with Crippen LogP contribution in [-0.2, 0) is 4.79 Å². The van der Waals surface area contributed by atoms with Crippen LogP contribution >= 0.6 is 11.6 Å². The number of rotatable bonds is 2. The largest absolute Gasteiger partial charge is 0.420 e. The van der Waals surface area contributed by atoms with Crippen LogP contribution in [0.2, 0.25) is 0 Å². The van der Waals surface area contributed by atoms with Gasteiger partial charge in [-0.2, -0.15) is 13.2 Å². The first-order valence-electron chi connectivity index (χ1n) is 4.43. The van der Waals surface area contributed by atoms with E-state index in [-0.39, 0.29) is 0 Å². The maximum Gasteiger partial charge on any atom is 0.420 e. The number of halogens is 4. The summed E-state index contributed by atoms with van der Waals surface area (Å²) >= 11 is 5.58. The van der Waals surface area contributed by atoms with Crippen molar-refractivity contribution >= 4 is 17.5 Å². The van der Waals surface area contributed by atoms with Gasteiger partial charge >= 0.3 is 6.18 Å². The Labute approximate surface area is 89.8 Å². The standard InChI is InChI=1S/C8H11ClF3NO2/c1-2-5(9)6(14)13-3-7(15,4-13)8(10,11)12/h5,15H,2-4H2,1H3/t5-/m0/s1. The summed E-state index contributed by atoms with van der Waals surface area (Å²) in [5.41, 5.74) is -2.76. The number of hydrogen-bond acceptors (Lipinski definition) is 2. The van der Waals surface area contributed by atoms with Crippen LogP contribution in [0, 0.1) is 0 Å². The first-order valence-corrected chi connectivity index (χ1v) is 4.87. The number of likely N-dealkylation sites (tertiary alicyclic amines) is 1. The molecule has 1 heterocycles. The highest BCUT2D eigenvalue weighted by Crippen LogP contribution is 2.38. The van der Waals surface area contributed by atoms with Crippen LogP contribution in [-0.4, -0.2) is 46.2 Å². The molecule has 0 radical (unpaired) electrons. The third-order valence-electron chi connectivity index (χ3n) is 2.37. The van der Waals surface area contributed by atoms with Gasteiger partial charge < -0.3 is 10.0 Å². The van der Waals surface area contributed by atoms with E-state index in [0.717, 1.165) is 4.90 Å². The van der Waals surface area contributed by atoms with Crippen molar-refractivity contribution < 1.29 is 23.1 Å². The smallest absolute Gasteiger partial charge is 0.378 e. The molecule has 1 rings (SSSR count). The van der Waals surface area contributed by atoms with Gasteiger partial charge in [0.05, 0.1) is 13.1 Å². The van der Waals surface area contributed by atoms with Crippen molar-refractivity contribution in [3.8, 4) is 0 Å². The van der Waals surface area contributed by atoms with E-state index >= 15 is 0 Å². The van der Waals surface area contributed by atoms with Gasteiger partial charge in [-0.1, -0.05) is 6.92 Å². The number of alkyl halides is 4. The zero-order chi connectivity index (χ0) is 11.9. The Morgan fingerprint density at radius 1 is 1.60 bits per heavy atom. The molecular weight excluding hydrogens is 235 g/mol. The second-order valence-electron chi connectivity index (χ2n) is 3.60. The van der Waals surface area contributed by atoms with Crippen LogP contribution in [0.3, 0.4) is 0 Å². The summed E-state index contributed by atoms with van der Waals surface area (Å²) in [6.07, 6.45) is -4.35. The molecule has 0 aromatic rings. The highest BCUT2D eigenvalue weighted by Gasteiger charge is 2.62. The molecule has 0 spiro atoms. The van der Waals surface area contributed by atoms with Crippen molar-refractivity contribution in [1.82, 2.24) is 4.90 Å². The minimum absolute atomic E-state index is 0.349. The maximum atomic E-state index is 12.2. The summed E-state index contributed by atoms with van der Waals surface area (Å²) < 4.78 is 36.6. The highest BCUT2D eigenvalue weighted by molar-refractivity contribution is 6.30. The van der Waals surface area contributed by atoms with Crippen LogP contribution in [0.5, 0.6) is 0 Å². The Bertz CT molecular complexity index is 263. The normalized spacial score (nSPS) is 22.1. The third kappa shape index (κ3) is 2.20. The number of carbonyl (C=O) groups excluding carboxylic acids is 1. The van der Waals surface area contributed by atoms with Gasteiger partial charge in [-0.05, 0) is 6.42 Å². The van der Waals surface area contributed by atoms with Crippen molar-refractivity contribution in [2.75, 3.05) is 13.1 Å². The molecule has 1 atom stereocenters. The van der Waals surface area contributed by atoms with Gasteiger partial charge in [0.1, 0.15) is 5.38 Å². The molecule has 88 valence electrons. The highest BCUT2D eigenvalue weighted by atomic mass is 35.5. The minimum atomic E-state index is -4.70. The van der Waals surface area contributed by atoms with Crippen molar-refractivity contribution in [2.24, 2.45) is 0 Å². The summed E-state index contributed by atoms with van der Waals surface area (Å²) in [5.74, 6) is -0.562. The SMILES string of the molecule is CC[C@H](Cl)C(=O)N1CC(O)(C(F)(F)F)C1. The number of β-amino-alcohol motifs (C(OH)–C–C–N with tert-alkyl or cyclic N) is 1. The van der Waals surface area contributed by atoms with E-state index in [1.54, 1.807) is 6.92 Å². The van der Waals surface area contributed by atoms with E-state index in [1.165, 1.54) is 0 Å². The average Bonchev–Trinajstić information content (AvgIpc) is 2.08. The minimum Gasteiger partial charge on any atom is -0.378 e. The van der Waals surface area contributed by atoms with Gasteiger partial charge in [0.15, 0.2) is 5.60 Å². The van der Waals surface area contributed by atoms with E-state index < -0.39 is 36.2 Å². The lowest BCUT2D eigenvalue weighted by Gasteiger charge is -2.47. The van der Waals surface area contributed by atoms with Gasteiger partial charge in [0, 0.05) is 0 Å². The van der Waals surface area contributed by atoms with E-state index in [1.807, 2.05) is 0 Å². The number of aliphatic hydroxyl groups is 1. The fourth-order valence-electron chi connectivity index (χ4n) is 1.29. The summed E-state index contributed by atoms with van der Waals surface area (Å²) in [6, 6.07) is 0. The Kier molecular flexibility index (Phi) is 3.21. The molecular formula is C8H11ClF3NO2. The molecule has 1 aliphatic rings. The fourth-order valence-corrected chi connectivity index (χ4v) is 1.43. The predicted octanol–water partition coefficient (Wildman–Crippen LogP) is 1.14. The molecule has 0 unspecified atom stereocenters. The summed E-state index contributed by atoms with van der Waals surface area (Å²) in [5, 5.41) is 8.24. The van der Waals surface area contributed by atoms with Gasteiger partial charge in [0.25, 0.3) is 0 Å². The Hall–Kier alpha value is -0.490. The Morgan fingerprint density at radius 3 is 2.40 bits per heavy atom. The molecule has 0 bridgehead atoms. The Balaban J connectivity index is 2.54. The van der Waals surface area contributed by atoms with Crippen molar-refractivity contribution in [1.29, 1.82) is 0 Å². The maximum absolute atomic E-state index is 12.2. The molecule has 1 amide bonds.